The van der Waals surface area contributed by atoms with Crippen LogP contribution in [0, 0.1) is 11.3 Å². The van der Waals surface area contributed by atoms with Gasteiger partial charge in [0, 0.05) is 44.8 Å². The summed E-state index contributed by atoms with van der Waals surface area (Å²) in [5.41, 5.74) is 7.00. The van der Waals surface area contributed by atoms with Crippen LogP contribution >= 0.6 is 0 Å². The molecule has 2 aliphatic rings. The van der Waals surface area contributed by atoms with Crippen LogP contribution in [0.2, 0.25) is 0 Å². The number of rotatable bonds is 4. The summed E-state index contributed by atoms with van der Waals surface area (Å²) >= 11 is 0. The highest BCUT2D eigenvalue weighted by molar-refractivity contribution is 5.00. The summed E-state index contributed by atoms with van der Waals surface area (Å²) in [6.45, 7) is 16.4. The Balaban J connectivity index is 1.96. The van der Waals surface area contributed by atoms with Gasteiger partial charge in [-0.1, -0.05) is 34.1 Å². The van der Waals surface area contributed by atoms with Crippen LogP contribution in [0.3, 0.4) is 0 Å². The maximum atomic E-state index is 6.25. The lowest BCUT2D eigenvalue weighted by Crippen LogP contribution is -2.62. The molecule has 0 aromatic heterocycles. The molecule has 0 bridgehead atoms. The van der Waals surface area contributed by atoms with Crippen molar-refractivity contribution in [1.29, 1.82) is 0 Å². The first kappa shape index (κ1) is 16.3. The predicted octanol–water partition coefficient (Wildman–Crippen LogP) is 2.56. The van der Waals surface area contributed by atoms with Crippen molar-refractivity contribution in [1.82, 2.24) is 9.80 Å². The van der Waals surface area contributed by atoms with Gasteiger partial charge in [-0.2, -0.15) is 0 Å². The van der Waals surface area contributed by atoms with Crippen LogP contribution in [0.1, 0.15) is 53.4 Å². The predicted molar refractivity (Wildman–Crippen MR) is 86.9 cm³/mol. The van der Waals surface area contributed by atoms with E-state index in [1.54, 1.807) is 0 Å². The summed E-state index contributed by atoms with van der Waals surface area (Å²) in [5, 5.41) is 0. The van der Waals surface area contributed by atoms with Crippen molar-refractivity contribution in [2.45, 2.75) is 58.9 Å². The maximum absolute atomic E-state index is 6.25. The number of piperazine rings is 1. The van der Waals surface area contributed by atoms with E-state index in [0.717, 1.165) is 12.5 Å². The zero-order valence-electron chi connectivity index (χ0n) is 14.1. The monoisotopic (exact) mass is 281 g/mol. The molecule has 1 unspecified atom stereocenters. The molecule has 1 aliphatic heterocycles. The van der Waals surface area contributed by atoms with E-state index >= 15 is 0 Å². The fourth-order valence-corrected chi connectivity index (χ4v) is 4.46. The Morgan fingerprint density at radius 1 is 1.05 bits per heavy atom. The lowest BCUT2D eigenvalue weighted by atomic mass is 9.67. The third kappa shape index (κ3) is 3.75. The molecule has 2 N–H and O–H groups in total. The Morgan fingerprint density at radius 2 is 1.70 bits per heavy atom. The minimum atomic E-state index is 0.283. The van der Waals surface area contributed by atoms with Crippen LogP contribution in [-0.2, 0) is 0 Å². The molecule has 118 valence electrons. The molecule has 0 radical (unpaired) electrons. The fourth-order valence-electron chi connectivity index (χ4n) is 4.46. The van der Waals surface area contributed by atoms with Gasteiger partial charge < -0.3 is 10.6 Å². The Labute approximate surface area is 125 Å². The maximum Gasteiger partial charge on any atom is 0.0337 e. The van der Waals surface area contributed by atoms with Crippen LogP contribution in [-0.4, -0.2) is 54.6 Å². The van der Waals surface area contributed by atoms with Gasteiger partial charge in [0.25, 0.3) is 0 Å². The average Bonchev–Trinajstić information content (AvgIpc) is 2.37. The van der Waals surface area contributed by atoms with E-state index in [4.69, 9.17) is 5.73 Å². The second kappa shape index (κ2) is 6.33. The Kier molecular flexibility index (Phi) is 5.14. The average molecular weight is 281 g/mol. The van der Waals surface area contributed by atoms with Gasteiger partial charge in [-0.3, -0.25) is 4.90 Å². The molecule has 20 heavy (non-hydrogen) atoms. The van der Waals surface area contributed by atoms with Crippen LogP contribution in [0.4, 0.5) is 0 Å². The molecule has 1 atom stereocenters. The van der Waals surface area contributed by atoms with Gasteiger partial charge >= 0.3 is 0 Å². The van der Waals surface area contributed by atoms with Gasteiger partial charge in [0.05, 0.1) is 0 Å². The van der Waals surface area contributed by atoms with E-state index in [-0.39, 0.29) is 5.54 Å². The molecule has 2 fully saturated rings. The van der Waals surface area contributed by atoms with Gasteiger partial charge in [0.1, 0.15) is 0 Å². The number of nitrogens with two attached hydrogens (primary N) is 1. The number of hydrogen-bond acceptors (Lipinski definition) is 3. The molecule has 0 aromatic rings. The summed E-state index contributed by atoms with van der Waals surface area (Å²) in [5.74, 6) is 0.777. The van der Waals surface area contributed by atoms with Crippen molar-refractivity contribution in [2.75, 3.05) is 39.3 Å². The Bertz CT molecular complexity index is 305. The summed E-state index contributed by atoms with van der Waals surface area (Å²) in [7, 11) is 0. The molecule has 0 spiro atoms. The summed E-state index contributed by atoms with van der Waals surface area (Å²) in [4.78, 5) is 5.35. The third-order valence-corrected chi connectivity index (χ3v) is 5.35. The molecule has 1 heterocycles. The first-order valence-corrected chi connectivity index (χ1v) is 8.54. The van der Waals surface area contributed by atoms with Crippen molar-refractivity contribution < 1.29 is 0 Å². The second-order valence-electron chi connectivity index (χ2n) is 8.30. The highest BCUT2D eigenvalue weighted by Crippen LogP contribution is 2.43. The van der Waals surface area contributed by atoms with Crippen LogP contribution in [0.15, 0.2) is 0 Å². The van der Waals surface area contributed by atoms with Gasteiger partial charge in [-0.05, 0) is 30.6 Å². The lowest BCUT2D eigenvalue weighted by molar-refractivity contribution is -0.0206. The molecule has 0 amide bonds. The summed E-state index contributed by atoms with van der Waals surface area (Å²) in [6, 6.07) is 0. The standard InChI is InChI=1S/C17H35N3/c1-15(2)12-19-8-10-20(11-9-19)17(14-18)7-5-6-16(3,4)13-17/h15H,5-14,18H2,1-4H3. The van der Waals surface area contributed by atoms with Crippen molar-refractivity contribution in [3.05, 3.63) is 0 Å². The van der Waals surface area contributed by atoms with Crippen molar-refractivity contribution in [2.24, 2.45) is 17.1 Å². The van der Waals surface area contributed by atoms with Crippen LogP contribution in [0.25, 0.3) is 0 Å². The van der Waals surface area contributed by atoms with E-state index in [2.05, 4.69) is 37.5 Å². The molecular weight excluding hydrogens is 246 g/mol. The Hall–Kier alpha value is -0.120. The second-order valence-corrected chi connectivity index (χ2v) is 8.30. The normalized spacial score (nSPS) is 32.7. The van der Waals surface area contributed by atoms with Gasteiger partial charge in [0.15, 0.2) is 0 Å². The minimum Gasteiger partial charge on any atom is -0.329 e. The van der Waals surface area contributed by atoms with E-state index in [0.29, 0.717) is 5.41 Å². The SMILES string of the molecule is CC(C)CN1CCN(C2(CN)CCCC(C)(C)C2)CC1. The first-order chi connectivity index (χ1) is 9.37. The van der Waals surface area contributed by atoms with Gasteiger partial charge in [-0.25, -0.2) is 0 Å². The Morgan fingerprint density at radius 3 is 2.20 bits per heavy atom. The molecule has 0 aromatic carbocycles. The topological polar surface area (TPSA) is 32.5 Å². The molecule has 3 heteroatoms. The highest BCUT2D eigenvalue weighted by Gasteiger charge is 2.43. The van der Waals surface area contributed by atoms with Crippen molar-refractivity contribution in [3.63, 3.8) is 0 Å². The lowest BCUT2D eigenvalue weighted by Gasteiger charge is -2.53. The van der Waals surface area contributed by atoms with Crippen LogP contribution < -0.4 is 5.73 Å². The van der Waals surface area contributed by atoms with Gasteiger partial charge in [-0.15, -0.1) is 0 Å². The molecule has 1 aliphatic carbocycles. The zero-order chi connectivity index (χ0) is 14.8. The first-order valence-electron chi connectivity index (χ1n) is 8.54. The number of hydrogen-bond donors (Lipinski definition) is 1. The molecule has 1 saturated heterocycles. The van der Waals surface area contributed by atoms with E-state index in [1.807, 2.05) is 0 Å². The van der Waals surface area contributed by atoms with Crippen molar-refractivity contribution in [3.8, 4) is 0 Å². The largest absolute Gasteiger partial charge is 0.329 e. The highest BCUT2D eigenvalue weighted by atomic mass is 15.3. The van der Waals surface area contributed by atoms with E-state index in [9.17, 15) is 0 Å². The summed E-state index contributed by atoms with van der Waals surface area (Å²) < 4.78 is 0. The quantitative estimate of drug-likeness (QED) is 0.859. The van der Waals surface area contributed by atoms with Gasteiger partial charge in [0.2, 0.25) is 0 Å². The smallest absolute Gasteiger partial charge is 0.0337 e. The van der Waals surface area contributed by atoms with E-state index in [1.165, 1.54) is 58.4 Å². The van der Waals surface area contributed by atoms with Crippen molar-refractivity contribution >= 4 is 0 Å². The number of nitrogens with zero attached hydrogens (tertiary/aromatic N) is 2. The third-order valence-electron chi connectivity index (χ3n) is 5.35. The molecule has 1 saturated carbocycles. The van der Waals surface area contributed by atoms with E-state index < -0.39 is 0 Å². The molecular formula is C17H35N3. The van der Waals surface area contributed by atoms with Crippen LogP contribution in [0.5, 0.6) is 0 Å². The molecule has 3 nitrogen and oxygen atoms in total. The fraction of sp³-hybridized carbons (Fsp3) is 1.00. The summed E-state index contributed by atoms with van der Waals surface area (Å²) in [6.07, 6.45) is 5.29. The molecule has 2 rings (SSSR count). The zero-order valence-corrected chi connectivity index (χ0v) is 14.1. The minimum absolute atomic E-state index is 0.283.